The molecular formula is C19H20N2O5. The van der Waals surface area contributed by atoms with Gasteiger partial charge in [-0.05, 0) is 26.7 Å². The van der Waals surface area contributed by atoms with Crippen LogP contribution >= 0.6 is 0 Å². The summed E-state index contributed by atoms with van der Waals surface area (Å²) in [6.07, 6.45) is 1.76. The number of dihydropyridines is 1. The summed E-state index contributed by atoms with van der Waals surface area (Å²) in [5.41, 5.74) is 2.24. The lowest BCUT2D eigenvalue weighted by Gasteiger charge is -2.33. The average molecular weight is 356 g/mol. The van der Waals surface area contributed by atoms with Crippen LogP contribution in [0.1, 0.15) is 44.6 Å². The van der Waals surface area contributed by atoms with Gasteiger partial charge in [-0.2, -0.15) is 0 Å². The number of hydrogen-bond donors (Lipinski definition) is 1. The van der Waals surface area contributed by atoms with Gasteiger partial charge < -0.3 is 10.1 Å². The number of allylic oxidation sites excluding steroid dienone is 3. The minimum atomic E-state index is -0.792. The van der Waals surface area contributed by atoms with Crippen molar-refractivity contribution in [3.05, 3.63) is 62.5 Å². The number of carbonyl (C=O) groups excluding carboxylic acids is 2. The number of para-hydroxylation sites is 1. The molecule has 1 heterocycles. The van der Waals surface area contributed by atoms with E-state index >= 15 is 0 Å². The highest BCUT2D eigenvalue weighted by Crippen LogP contribution is 2.44. The SMILES string of the molecule is CCOC(=O)C1=C(C)NC2=C(C(=O)CCC2)[C@H]1c1ccccc1[N+](=O)[O-]. The fourth-order valence-electron chi connectivity index (χ4n) is 3.67. The predicted octanol–water partition coefficient (Wildman–Crippen LogP) is 3.13. The lowest BCUT2D eigenvalue weighted by molar-refractivity contribution is -0.385. The predicted molar refractivity (Wildman–Crippen MR) is 94.2 cm³/mol. The Morgan fingerprint density at radius 2 is 2.08 bits per heavy atom. The summed E-state index contributed by atoms with van der Waals surface area (Å²) in [6, 6.07) is 6.24. The smallest absolute Gasteiger partial charge is 0.336 e. The van der Waals surface area contributed by atoms with Crippen molar-refractivity contribution < 1.29 is 19.2 Å². The van der Waals surface area contributed by atoms with Gasteiger partial charge in [-0.3, -0.25) is 14.9 Å². The molecular weight excluding hydrogens is 336 g/mol. The number of nitrogens with zero attached hydrogens (tertiary/aromatic N) is 1. The molecule has 1 aromatic rings. The van der Waals surface area contributed by atoms with Crippen molar-refractivity contribution in [3.63, 3.8) is 0 Å². The Morgan fingerprint density at radius 3 is 2.77 bits per heavy atom. The van der Waals surface area contributed by atoms with Gasteiger partial charge in [0.1, 0.15) is 0 Å². The first-order valence-corrected chi connectivity index (χ1v) is 8.60. The summed E-state index contributed by atoms with van der Waals surface area (Å²) in [4.78, 5) is 36.4. The van der Waals surface area contributed by atoms with Crippen molar-refractivity contribution in [2.45, 2.75) is 39.0 Å². The van der Waals surface area contributed by atoms with Crippen LogP contribution in [0.3, 0.4) is 0 Å². The van der Waals surface area contributed by atoms with Gasteiger partial charge in [0.2, 0.25) is 0 Å². The molecule has 1 atom stereocenters. The van der Waals surface area contributed by atoms with E-state index in [1.165, 1.54) is 6.07 Å². The summed E-state index contributed by atoms with van der Waals surface area (Å²) < 4.78 is 5.18. The maximum Gasteiger partial charge on any atom is 0.336 e. The van der Waals surface area contributed by atoms with E-state index in [1.54, 1.807) is 32.0 Å². The second-order valence-corrected chi connectivity index (χ2v) is 6.30. The summed E-state index contributed by atoms with van der Waals surface area (Å²) in [7, 11) is 0. The van der Waals surface area contributed by atoms with Gasteiger partial charge in [-0.25, -0.2) is 4.79 Å². The van der Waals surface area contributed by atoms with Gasteiger partial charge in [0.25, 0.3) is 5.69 Å². The maximum absolute atomic E-state index is 12.7. The van der Waals surface area contributed by atoms with Crippen LogP contribution in [0.5, 0.6) is 0 Å². The molecule has 7 nitrogen and oxygen atoms in total. The second kappa shape index (κ2) is 7.11. The molecule has 3 rings (SSSR count). The zero-order valence-corrected chi connectivity index (χ0v) is 14.7. The molecule has 1 aromatic carbocycles. The monoisotopic (exact) mass is 356 g/mol. The molecule has 0 bridgehead atoms. The molecule has 0 fully saturated rings. The normalized spacial score (nSPS) is 19.8. The fraction of sp³-hybridized carbons (Fsp3) is 0.368. The minimum absolute atomic E-state index is 0.0869. The van der Waals surface area contributed by atoms with Crippen molar-refractivity contribution >= 4 is 17.4 Å². The van der Waals surface area contributed by atoms with Crippen LogP contribution in [0.15, 0.2) is 46.8 Å². The Balaban J connectivity index is 2.25. The first-order chi connectivity index (χ1) is 12.5. The van der Waals surface area contributed by atoms with Gasteiger partial charge in [0, 0.05) is 35.0 Å². The second-order valence-electron chi connectivity index (χ2n) is 6.30. The van der Waals surface area contributed by atoms with Gasteiger partial charge >= 0.3 is 5.97 Å². The number of Topliss-reactive ketones (excluding diaryl/α,β-unsaturated/α-hetero) is 1. The molecule has 2 aliphatic rings. The third-order valence-electron chi connectivity index (χ3n) is 4.72. The lowest BCUT2D eigenvalue weighted by Crippen LogP contribution is -2.34. The highest BCUT2D eigenvalue weighted by molar-refractivity contribution is 6.04. The Kier molecular flexibility index (Phi) is 4.88. The largest absolute Gasteiger partial charge is 0.463 e. The number of nitrogens with one attached hydrogen (secondary N) is 1. The molecule has 7 heteroatoms. The van der Waals surface area contributed by atoms with Crippen LogP contribution in [-0.4, -0.2) is 23.3 Å². The Labute approximate surface area is 150 Å². The number of ether oxygens (including phenoxy) is 1. The standard InChI is InChI=1S/C19H20N2O5/c1-3-26-19(23)16-11(2)20-13-8-6-10-15(22)18(13)17(16)12-7-4-5-9-14(12)21(24)25/h4-5,7,9,17,20H,3,6,8,10H2,1-2H3/t17-/m0/s1. The molecule has 0 unspecified atom stereocenters. The maximum atomic E-state index is 12.7. The first-order valence-electron chi connectivity index (χ1n) is 8.60. The van der Waals surface area contributed by atoms with E-state index in [9.17, 15) is 19.7 Å². The Morgan fingerprint density at radius 1 is 1.35 bits per heavy atom. The Hall–Kier alpha value is -2.96. The number of nitro groups is 1. The van der Waals surface area contributed by atoms with E-state index in [-0.39, 0.29) is 23.7 Å². The zero-order valence-electron chi connectivity index (χ0n) is 14.7. The molecule has 0 saturated heterocycles. The quantitative estimate of drug-likeness (QED) is 0.505. The molecule has 26 heavy (non-hydrogen) atoms. The van der Waals surface area contributed by atoms with Crippen molar-refractivity contribution in [1.82, 2.24) is 5.32 Å². The zero-order chi connectivity index (χ0) is 18.8. The van der Waals surface area contributed by atoms with E-state index < -0.39 is 16.8 Å². The van der Waals surface area contributed by atoms with E-state index in [0.29, 0.717) is 29.7 Å². The molecule has 1 aliphatic carbocycles. The highest BCUT2D eigenvalue weighted by Gasteiger charge is 2.41. The lowest BCUT2D eigenvalue weighted by atomic mass is 9.75. The number of esters is 1. The van der Waals surface area contributed by atoms with Crippen LogP contribution in [0, 0.1) is 10.1 Å². The van der Waals surface area contributed by atoms with Gasteiger partial charge in [-0.1, -0.05) is 18.2 Å². The Bertz CT molecular complexity index is 853. The van der Waals surface area contributed by atoms with Gasteiger partial charge in [-0.15, -0.1) is 0 Å². The summed E-state index contributed by atoms with van der Waals surface area (Å²) in [5.74, 6) is -1.44. The van der Waals surface area contributed by atoms with Crippen molar-refractivity contribution in [3.8, 4) is 0 Å². The summed E-state index contributed by atoms with van der Waals surface area (Å²) in [5, 5.41) is 14.7. The van der Waals surface area contributed by atoms with Crippen molar-refractivity contribution in [2.75, 3.05) is 6.61 Å². The topological polar surface area (TPSA) is 98.5 Å². The number of carbonyl (C=O) groups is 2. The van der Waals surface area contributed by atoms with E-state index in [4.69, 9.17) is 4.74 Å². The molecule has 136 valence electrons. The molecule has 0 saturated carbocycles. The molecule has 0 amide bonds. The number of benzene rings is 1. The van der Waals surface area contributed by atoms with Crippen molar-refractivity contribution in [2.24, 2.45) is 0 Å². The van der Waals surface area contributed by atoms with Gasteiger partial charge in [0.05, 0.1) is 23.0 Å². The van der Waals surface area contributed by atoms with Crippen LogP contribution in [0.25, 0.3) is 0 Å². The third kappa shape index (κ3) is 3.00. The van der Waals surface area contributed by atoms with E-state index in [1.807, 2.05) is 0 Å². The summed E-state index contributed by atoms with van der Waals surface area (Å²) >= 11 is 0. The average Bonchev–Trinajstić information content (AvgIpc) is 2.60. The van der Waals surface area contributed by atoms with Crippen LogP contribution in [0.2, 0.25) is 0 Å². The minimum Gasteiger partial charge on any atom is -0.463 e. The molecule has 0 radical (unpaired) electrons. The molecule has 0 spiro atoms. The van der Waals surface area contributed by atoms with E-state index in [0.717, 1.165) is 12.1 Å². The first kappa shape index (κ1) is 17.8. The molecule has 1 aliphatic heterocycles. The van der Waals surface area contributed by atoms with E-state index in [2.05, 4.69) is 5.32 Å². The van der Waals surface area contributed by atoms with Gasteiger partial charge in [0.15, 0.2) is 5.78 Å². The number of ketones is 1. The van der Waals surface area contributed by atoms with Crippen LogP contribution in [-0.2, 0) is 14.3 Å². The number of hydrogen-bond acceptors (Lipinski definition) is 6. The number of rotatable bonds is 4. The molecule has 1 N–H and O–H groups in total. The van der Waals surface area contributed by atoms with Crippen LogP contribution in [0.4, 0.5) is 5.69 Å². The fourth-order valence-corrected chi connectivity index (χ4v) is 3.67. The van der Waals surface area contributed by atoms with Crippen molar-refractivity contribution in [1.29, 1.82) is 0 Å². The highest BCUT2D eigenvalue weighted by atomic mass is 16.6. The summed E-state index contributed by atoms with van der Waals surface area (Å²) in [6.45, 7) is 3.61. The van der Waals surface area contributed by atoms with Crippen LogP contribution < -0.4 is 5.32 Å². The molecule has 0 aromatic heterocycles. The number of nitro benzene ring substituents is 1. The third-order valence-corrected chi connectivity index (χ3v) is 4.72.